The van der Waals surface area contributed by atoms with Gasteiger partial charge in [0.1, 0.15) is 11.6 Å². The van der Waals surface area contributed by atoms with Crippen LogP contribution in [0.1, 0.15) is 11.3 Å². The highest BCUT2D eigenvalue weighted by Crippen LogP contribution is 2.33. The predicted octanol–water partition coefficient (Wildman–Crippen LogP) is 4.26. The molecular formula is C22H20FN3O3S. The molecule has 8 heteroatoms. The van der Waals surface area contributed by atoms with E-state index in [1.54, 1.807) is 25.3 Å². The third-order valence-electron chi connectivity index (χ3n) is 5.03. The second kappa shape index (κ2) is 8.23. The van der Waals surface area contributed by atoms with E-state index >= 15 is 0 Å². The van der Waals surface area contributed by atoms with Crippen molar-refractivity contribution in [3.63, 3.8) is 0 Å². The van der Waals surface area contributed by atoms with Gasteiger partial charge in [-0.3, -0.25) is 9.59 Å². The first-order valence-corrected chi connectivity index (χ1v) is 10.3. The first-order valence-electron chi connectivity index (χ1n) is 9.44. The summed E-state index contributed by atoms with van der Waals surface area (Å²) in [5.74, 6) is -0.852. The molecule has 0 spiro atoms. The van der Waals surface area contributed by atoms with Crippen LogP contribution >= 0.6 is 11.3 Å². The number of benzene rings is 2. The number of halogens is 1. The molecule has 1 aromatic heterocycles. The molecule has 2 aromatic carbocycles. The number of thiazole rings is 1. The Morgan fingerprint density at radius 2 is 1.97 bits per heavy atom. The van der Waals surface area contributed by atoms with Crippen LogP contribution in [0.3, 0.4) is 0 Å². The molecule has 30 heavy (non-hydrogen) atoms. The van der Waals surface area contributed by atoms with Crippen LogP contribution in [0.2, 0.25) is 0 Å². The Kier molecular flexibility index (Phi) is 5.50. The minimum atomic E-state index is -0.564. The van der Waals surface area contributed by atoms with Crippen LogP contribution in [-0.4, -0.2) is 30.5 Å². The Bertz CT molecular complexity index is 1100. The molecule has 4 rings (SSSR count). The van der Waals surface area contributed by atoms with Crippen molar-refractivity contribution in [2.45, 2.75) is 13.3 Å². The lowest BCUT2D eigenvalue weighted by molar-refractivity contribution is -0.122. The lowest BCUT2D eigenvalue weighted by atomic mass is 10.1. The van der Waals surface area contributed by atoms with E-state index in [-0.39, 0.29) is 30.5 Å². The van der Waals surface area contributed by atoms with Crippen molar-refractivity contribution in [2.75, 3.05) is 23.9 Å². The molecule has 0 bridgehead atoms. The Balaban J connectivity index is 1.47. The molecule has 0 aliphatic carbocycles. The summed E-state index contributed by atoms with van der Waals surface area (Å²) >= 11 is 1.37. The molecule has 2 heterocycles. The van der Waals surface area contributed by atoms with E-state index in [0.29, 0.717) is 5.13 Å². The molecule has 154 valence electrons. The number of hydrogen-bond acceptors (Lipinski definition) is 5. The molecule has 2 amide bonds. The van der Waals surface area contributed by atoms with Gasteiger partial charge in [0.2, 0.25) is 11.8 Å². The molecule has 1 N–H and O–H groups in total. The summed E-state index contributed by atoms with van der Waals surface area (Å²) in [6.07, 6.45) is 0.0376. The average Bonchev–Trinajstić information content (AvgIpc) is 3.31. The monoisotopic (exact) mass is 425 g/mol. The summed E-state index contributed by atoms with van der Waals surface area (Å²) in [4.78, 5) is 31.9. The summed E-state index contributed by atoms with van der Waals surface area (Å²) in [7, 11) is 1.61. The number of aryl methyl sites for hydroxylation is 1. The summed E-state index contributed by atoms with van der Waals surface area (Å²) in [6, 6.07) is 13.6. The van der Waals surface area contributed by atoms with E-state index in [1.807, 2.05) is 31.2 Å². The van der Waals surface area contributed by atoms with Gasteiger partial charge in [-0.15, -0.1) is 11.3 Å². The van der Waals surface area contributed by atoms with E-state index in [0.717, 1.165) is 21.9 Å². The number of carbonyl (C=O) groups is 2. The summed E-state index contributed by atoms with van der Waals surface area (Å²) in [5, 5.41) is 3.29. The van der Waals surface area contributed by atoms with Crippen molar-refractivity contribution in [3.05, 3.63) is 59.2 Å². The average molecular weight is 425 g/mol. The second-order valence-electron chi connectivity index (χ2n) is 7.00. The first kappa shape index (κ1) is 20.0. The quantitative estimate of drug-likeness (QED) is 0.663. The third-order valence-corrected chi connectivity index (χ3v) is 5.92. The molecular weight excluding hydrogens is 405 g/mol. The molecule has 1 unspecified atom stereocenters. The van der Waals surface area contributed by atoms with E-state index in [4.69, 9.17) is 4.74 Å². The van der Waals surface area contributed by atoms with Crippen LogP contribution in [0.4, 0.5) is 15.2 Å². The predicted molar refractivity (Wildman–Crippen MR) is 114 cm³/mol. The lowest BCUT2D eigenvalue weighted by Gasteiger charge is -2.17. The van der Waals surface area contributed by atoms with Crippen molar-refractivity contribution in [2.24, 2.45) is 5.92 Å². The minimum Gasteiger partial charge on any atom is -0.497 e. The van der Waals surface area contributed by atoms with Gasteiger partial charge < -0.3 is 15.0 Å². The van der Waals surface area contributed by atoms with Gasteiger partial charge in [-0.2, -0.15) is 0 Å². The number of nitrogens with zero attached hydrogens (tertiary/aromatic N) is 2. The van der Waals surface area contributed by atoms with Gasteiger partial charge in [-0.05, 0) is 43.3 Å². The van der Waals surface area contributed by atoms with Gasteiger partial charge in [0.05, 0.1) is 24.4 Å². The number of para-hydroxylation sites is 1. The molecule has 0 saturated carbocycles. The summed E-state index contributed by atoms with van der Waals surface area (Å²) in [5.41, 5.74) is 1.91. The molecule has 1 aliphatic heterocycles. The minimum absolute atomic E-state index is 0.0376. The van der Waals surface area contributed by atoms with Gasteiger partial charge in [0.15, 0.2) is 5.13 Å². The van der Waals surface area contributed by atoms with Crippen molar-refractivity contribution in [1.82, 2.24) is 4.98 Å². The number of anilines is 2. The molecule has 3 aromatic rings. The van der Waals surface area contributed by atoms with Crippen LogP contribution in [0.5, 0.6) is 5.75 Å². The molecule has 1 fully saturated rings. The van der Waals surface area contributed by atoms with Crippen molar-refractivity contribution in [1.29, 1.82) is 0 Å². The van der Waals surface area contributed by atoms with Crippen LogP contribution in [-0.2, 0) is 9.59 Å². The summed E-state index contributed by atoms with van der Waals surface area (Å²) in [6.45, 7) is 2.08. The number of aromatic nitrogens is 1. The molecule has 6 nitrogen and oxygen atoms in total. The molecule has 1 aliphatic rings. The zero-order valence-corrected chi connectivity index (χ0v) is 17.3. The normalized spacial score (nSPS) is 16.0. The number of amides is 2. The second-order valence-corrected chi connectivity index (χ2v) is 8.20. The fourth-order valence-corrected chi connectivity index (χ4v) is 4.30. The fourth-order valence-electron chi connectivity index (χ4n) is 3.46. The highest BCUT2D eigenvalue weighted by molar-refractivity contribution is 7.16. The first-order chi connectivity index (χ1) is 14.5. The maximum absolute atomic E-state index is 14.0. The van der Waals surface area contributed by atoms with Crippen molar-refractivity contribution >= 4 is 34.0 Å². The van der Waals surface area contributed by atoms with E-state index in [2.05, 4.69) is 10.3 Å². The molecule has 0 radical (unpaired) electrons. The maximum Gasteiger partial charge on any atom is 0.231 e. The van der Waals surface area contributed by atoms with Gasteiger partial charge in [-0.1, -0.05) is 12.1 Å². The molecule has 1 atom stereocenters. The van der Waals surface area contributed by atoms with E-state index in [1.165, 1.54) is 22.3 Å². The number of nitrogens with one attached hydrogen (secondary N) is 1. The van der Waals surface area contributed by atoms with Gasteiger partial charge in [-0.25, -0.2) is 9.37 Å². The largest absolute Gasteiger partial charge is 0.497 e. The van der Waals surface area contributed by atoms with Crippen LogP contribution in [0.25, 0.3) is 11.3 Å². The zero-order chi connectivity index (χ0) is 21.3. The van der Waals surface area contributed by atoms with Gasteiger partial charge >= 0.3 is 0 Å². The highest BCUT2D eigenvalue weighted by atomic mass is 32.1. The zero-order valence-electron chi connectivity index (χ0n) is 16.5. The number of rotatable bonds is 5. The topological polar surface area (TPSA) is 71.5 Å². The van der Waals surface area contributed by atoms with Gasteiger partial charge in [0, 0.05) is 23.4 Å². The van der Waals surface area contributed by atoms with E-state index < -0.39 is 11.7 Å². The number of methoxy groups -OCH3 is 1. The van der Waals surface area contributed by atoms with Gasteiger partial charge in [0.25, 0.3) is 0 Å². The number of ether oxygens (including phenoxy) is 1. The molecule has 1 saturated heterocycles. The smallest absolute Gasteiger partial charge is 0.231 e. The maximum atomic E-state index is 14.0. The van der Waals surface area contributed by atoms with Crippen LogP contribution < -0.4 is 15.0 Å². The van der Waals surface area contributed by atoms with Crippen molar-refractivity contribution < 1.29 is 18.7 Å². The van der Waals surface area contributed by atoms with Crippen LogP contribution in [0, 0.1) is 18.7 Å². The number of hydrogen-bond donors (Lipinski definition) is 1. The standard InChI is InChI=1S/C22H20FN3O3S/c1-13-20(14-7-9-16(29-2)10-8-14)24-22(30-13)25-21(28)15-11-19(27)26(12-15)18-6-4-3-5-17(18)23/h3-10,15H,11-12H2,1-2H3,(H,24,25,28). The Morgan fingerprint density at radius 1 is 1.23 bits per heavy atom. The SMILES string of the molecule is COc1ccc(-c2nc(NC(=O)C3CC(=O)N(c4ccccc4F)C3)sc2C)cc1. The van der Waals surface area contributed by atoms with Crippen molar-refractivity contribution in [3.8, 4) is 17.0 Å². The Labute approximate surface area is 177 Å². The van der Waals surface area contributed by atoms with Crippen LogP contribution in [0.15, 0.2) is 48.5 Å². The Morgan fingerprint density at radius 3 is 2.67 bits per heavy atom. The summed E-state index contributed by atoms with van der Waals surface area (Å²) < 4.78 is 19.2. The highest BCUT2D eigenvalue weighted by Gasteiger charge is 2.36. The third kappa shape index (κ3) is 3.91. The lowest BCUT2D eigenvalue weighted by Crippen LogP contribution is -2.28. The number of carbonyl (C=O) groups excluding carboxylic acids is 2. The fraction of sp³-hybridized carbons (Fsp3) is 0.227. The Hall–Kier alpha value is -3.26. The van der Waals surface area contributed by atoms with E-state index in [9.17, 15) is 14.0 Å².